The number of hydrogen-bond acceptors (Lipinski definition) is 6. The number of alkyl halides is 2. The predicted octanol–water partition coefficient (Wildman–Crippen LogP) is 1.86. The van der Waals surface area contributed by atoms with E-state index >= 15 is 0 Å². The number of aliphatic hydroxyl groups excluding tert-OH is 1. The third-order valence-electron chi connectivity index (χ3n) is 2.38. The molecule has 0 aliphatic carbocycles. The van der Waals surface area contributed by atoms with Gasteiger partial charge in [-0.3, -0.25) is 4.90 Å². The molecule has 0 aliphatic heterocycles. The second kappa shape index (κ2) is 6.69. The molecule has 0 unspecified atom stereocenters. The molecular weight excluding hydrogens is 276 g/mol. The second-order valence-electron chi connectivity index (χ2n) is 3.84. The molecule has 0 saturated heterocycles. The highest BCUT2D eigenvalue weighted by molar-refractivity contribution is 7.13. The molecule has 0 aliphatic rings. The van der Waals surface area contributed by atoms with Gasteiger partial charge in [0, 0.05) is 6.54 Å². The van der Waals surface area contributed by atoms with E-state index in [1.165, 1.54) is 16.2 Å². The summed E-state index contributed by atoms with van der Waals surface area (Å²) in [5.74, 6) is 0.712. The van der Waals surface area contributed by atoms with Gasteiger partial charge < -0.3 is 9.63 Å². The Bertz CT molecular complexity index is 490. The molecule has 0 atom stereocenters. The van der Waals surface area contributed by atoms with Gasteiger partial charge in [0.1, 0.15) is 0 Å². The predicted molar refractivity (Wildman–Crippen MR) is 66.0 cm³/mol. The van der Waals surface area contributed by atoms with Crippen molar-refractivity contribution in [3.63, 3.8) is 0 Å². The van der Waals surface area contributed by atoms with Crippen LogP contribution < -0.4 is 0 Å². The molecule has 0 spiro atoms. The molecule has 0 aromatic carbocycles. The molecule has 104 valence electrons. The Labute approximate surface area is 112 Å². The minimum Gasteiger partial charge on any atom is -0.395 e. The fourth-order valence-electron chi connectivity index (χ4n) is 1.59. The molecule has 0 saturated carbocycles. The van der Waals surface area contributed by atoms with Crippen LogP contribution in [-0.2, 0) is 6.54 Å². The lowest BCUT2D eigenvalue weighted by atomic mass is 10.4. The average molecular weight is 289 g/mol. The molecule has 2 aromatic heterocycles. The molecular formula is C11H13F2N3O2S. The van der Waals surface area contributed by atoms with Crippen LogP contribution in [0.15, 0.2) is 22.0 Å². The molecule has 0 radical (unpaired) electrons. The number of aliphatic hydroxyl groups is 1. The zero-order chi connectivity index (χ0) is 13.7. The van der Waals surface area contributed by atoms with Crippen LogP contribution in [0.1, 0.15) is 5.89 Å². The Balaban J connectivity index is 2.01. The van der Waals surface area contributed by atoms with Crippen LogP contribution >= 0.6 is 11.3 Å². The topological polar surface area (TPSA) is 62.4 Å². The lowest BCUT2D eigenvalue weighted by molar-refractivity contribution is 0.0692. The first-order valence-corrected chi connectivity index (χ1v) is 6.55. The van der Waals surface area contributed by atoms with Crippen LogP contribution in [0.3, 0.4) is 0 Å². The standard InChI is InChI=1S/C11H13F2N3O2S/c12-9(13)6-16(3-4-17)7-10-14-11(15-18-10)8-2-1-5-19-8/h1-2,5,9,17H,3-4,6-7H2. The summed E-state index contributed by atoms with van der Waals surface area (Å²) < 4.78 is 29.7. The Morgan fingerprint density at radius 2 is 2.32 bits per heavy atom. The van der Waals surface area contributed by atoms with E-state index in [1.54, 1.807) is 0 Å². The van der Waals surface area contributed by atoms with E-state index in [1.807, 2.05) is 17.5 Å². The molecule has 2 aromatic rings. The van der Waals surface area contributed by atoms with Crippen molar-refractivity contribution < 1.29 is 18.4 Å². The first kappa shape index (κ1) is 14.0. The lowest BCUT2D eigenvalue weighted by Crippen LogP contribution is -2.31. The van der Waals surface area contributed by atoms with Crippen LogP contribution in [0.25, 0.3) is 10.7 Å². The van der Waals surface area contributed by atoms with Gasteiger partial charge in [-0.15, -0.1) is 11.3 Å². The molecule has 5 nitrogen and oxygen atoms in total. The second-order valence-corrected chi connectivity index (χ2v) is 4.79. The van der Waals surface area contributed by atoms with Crippen LogP contribution in [0.2, 0.25) is 0 Å². The molecule has 2 rings (SSSR count). The van der Waals surface area contributed by atoms with E-state index < -0.39 is 13.0 Å². The van der Waals surface area contributed by atoms with Crippen molar-refractivity contribution in [3.05, 3.63) is 23.4 Å². The van der Waals surface area contributed by atoms with Gasteiger partial charge >= 0.3 is 0 Å². The third-order valence-corrected chi connectivity index (χ3v) is 3.25. The minimum atomic E-state index is -2.47. The number of hydrogen-bond donors (Lipinski definition) is 1. The van der Waals surface area contributed by atoms with Crippen molar-refractivity contribution in [3.8, 4) is 10.7 Å². The summed E-state index contributed by atoms with van der Waals surface area (Å²) in [4.78, 5) is 6.38. The zero-order valence-electron chi connectivity index (χ0n) is 10.00. The van der Waals surface area contributed by atoms with Gasteiger partial charge in [-0.1, -0.05) is 11.2 Å². The maximum absolute atomic E-state index is 12.4. The molecule has 19 heavy (non-hydrogen) atoms. The number of halogens is 2. The summed E-state index contributed by atoms with van der Waals surface area (Å²) in [6.45, 7) is -0.389. The van der Waals surface area contributed by atoms with Crippen molar-refractivity contribution in [2.24, 2.45) is 0 Å². The van der Waals surface area contributed by atoms with Crippen LogP contribution in [0, 0.1) is 0 Å². The molecule has 1 N–H and O–H groups in total. The average Bonchev–Trinajstić information content (AvgIpc) is 2.97. The van der Waals surface area contributed by atoms with E-state index in [-0.39, 0.29) is 25.6 Å². The van der Waals surface area contributed by atoms with Gasteiger partial charge in [0.15, 0.2) is 0 Å². The molecule has 0 fully saturated rings. The SMILES string of the molecule is OCCN(Cc1nc(-c2cccs2)no1)CC(F)F. The van der Waals surface area contributed by atoms with Crippen molar-refractivity contribution in [1.29, 1.82) is 0 Å². The highest BCUT2D eigenvalue weighted by Crippen LogP contribution is 2.21. The Morgan fingerprint density at radius 3 is 2.95 bits per heavy atom. The maximum atomic E-state index is 12.4. The summed E-state index contributed by atoms with van der Waals surface area (Å²) in [5, 5.41) is 14.5. The van der Waals surface area contributed by atoms with E-state index in [0.717, 1.165) is 4.88 Å². The first-order chi connectivity index (χ1) is 9.19. The van der Waals surface area contributed by atoms with Gasteiger partial charge in [0.05, 0.1) is 24.6 Å². The van der Waals surface area contributed by atoms with Crippen molar-refractivity contribution in [2.45, 2.75) is 13.0 Å². The third kappa shape index (κ3) is 4.05. The van der Waals surface area contributed by atoms with Gasteiger partial charge in [-0.2, -0.15) is 4.98 Å². The van der Waals surface area contributed by atoms with Crippen LogP contribution in [0.5, 0.6) is 0 Å². The fourth-order valence-corrected chi connectivity index (χ4v) is 2.24. The molecule has 2 heterocycles. The van der Waals surface area contributed by atoms with Crippen molar-refractivity contribution in [2.75, 3.05) is 19.7 Å². The number of thiophene rings is 1. The first-order valence-electron chi connectivity index (χ1n) is 5.67. The van der Waals surface area contributed by atoms with Gasteiger partial charge in [-0.05, 0) is 11.4 Å². The summed E-state index contributed by atoms with van der Waals surface area (Å²) in [6.07, 6.45) is -2.47. The number of aromatic nitrogens is 2. The van der Waals surface area contributed by atoms with E-state index in [0.29, 0.717) is 5.82 Å². The van der Waals surface area contributed by atoms with Crippen molar-refractivity contribution in [1.82, 2.24) is 15.0 Å². The fraction of sp³-hybridized carbons (Fsp3) is 0.455. The quantitative estimate of drug-likeness (QED) is 0.843. The summed E-state index contributed by atoms with van der Waals surface area (Å²) in [6, 6.07) is 3.72. The monoisotopic (exact) mass is 289 g/mol. The highest BCUT2D eigenvalue weighted by atomic mass is 32.1. The number of nitrogens with zero attached hydrogens (tertiary/aromatic N) is 3. The van der Waals surface area contributed by atoms with E-state index in [2.05, 4.69) is 10.1 Å². The highest BCUT2D eigenvalue weighted by Gasteiger charge is 2.16. The molecule has 8 heteroatoms. The smallest absolute Gasteiger partial charge is 0.251 e. The Morgan fingerprint density at radius 1 is 1.47 bits per heavy atom. The van der Waals surface area contributed by atoms with Gasteiger partial charge in [0.25, 0.3) is 6.43 Å². The Kier molecular flexibility index (Phi) is 4.94. The van der Waals surface area contributed by atoms with E-state index in [4.69, 9.17) is 9.63 Å². The molecule has 0 amide bonds. The lowest BCUT2D eigenvalue weighted by Gasteiger charge is -2.18. The maximum Gasteiger partial charge on any atom is 0.251 e. The summed E-state index contributed by atoms with van der Waals surface area (Å²) in [5.41, 5.74) is 0. The normalized spacial score (nSPS) is 11.6. The number of rotatable bonds is 7. The Hall–Kier alpha value is -1.38. The van der Waals surface area contributed by atoms with Crippen molar-refractivity contribution >= 4 is 11.3 Å². The zero-order valence-corrected chi connectivity index (χ0v) is 10.8. The van der Waals surface area contributed by atoms with Gasteiger partial charge in [0.2, 0.25) is 11.7 Å². The largest absolute Gasteiger partial charge is 0.395 e. The summed E-state index contributed by atoms with van der Waals surface area (Å²) in [7, 11) is 0. The minimum absolute atomic E-state index is 0.100. The van der Waals surface area contributed by atoms with Crippen LogP contribution in [-0.4, -0.2) is 46.3 Å². The van der Waals surface area contributed by atoms with Crippen LogP contribution in [0.4, 0.5) is 8.78 Å². The van der Waals surface area contributed by atoms with E-state index in [9.17, 15) is 8.78 Å². The molecule has 0 bridgehead atoms. The summed E-state index contributed by atoms with van der Waals surface area (Å²) >= 11 is 1.47. The van der Waals surface area contributed by atoms with Gasteiger partial charge in [-0.25, -0.2) is 8.78 Å².